The van der Waals surface area contributed by atoms with E-state index in [9.17, 15) is 5.26 Å². The molecule has 0 aromatic carbocycles. The number of hydrogen-bond acceptors (Lipinski definition) is 3. The molecule has 1 aliphatic heterocycles. The number of nitrogens with zero attached hydrogens (tertiary/aromatic N) is 4. The van der Waals surface area contributed by atoms with Gasteiger partial charge in [0.15, 0.2) is 0 Å². The highest BCUT2D eigenvalue weighted by Gasteiger charge is 2.25. The van der Waals surface area contributed by atoms with Crippen LogP contribution in [0.1, 0.15) is 50.9 Å². The van der Waals surface area contributed by atoms with Crippen molar-refractivity contribution in [1.82, 2.24) is 14.5 Å². The molecule has 2 rings (SSSR count). The van der Waals surface area contributed by atoms with Crippen molar-refractivity contribution in [2.45, 2.75) is 45.2 Å². The van der Waals surface area contributed by atoms with E-state index < -0.39 is 0 Å². The molecule has 1 aromatic heterocycles. The highest BCUT2D eigenvalue weighted by Crippen LogP contribution is 2.25. The largest absolute Gasteiger partial charge is 0.330 e. The number of likely N-dealkylation sites (tertiary alicyclic amines) is 1. The maximum atomic E-state index is 9.42. The van der Waals surface area contributed by atoms with Crippen LogP contribution in [0.4, 0.5) is 0 Å². The SMILES string of the molecule is CC(C)n1cncc1C(C#N)N1CCCCC1. The molecule has 0 radical (unpaired) electrons. The van der Waals surface area contributed by atoms with Crippen LogP contribution in [0.15, 0.2) is 12.5 Å². The molecule has 1 unspecified atom stereocenters. The molecule has 1 fully saturated rings. The Morgan fingerprint density at radius 2 is 2.00 bits per heavy atom. The van der Waals surface area contributed by atoms with Gasteiger partial charge in [-0.1, -0.05) is 6.42 Å². The molecule has 0 amide bonds. The van der Waals surface area contributed by atoms with Crippen LogP contribution in [0.2, 0.25) is 0 Å². The smallest absolute Gasteiger partial charge is 0.140 e. The number of piperidine rings is 1. The minimum atomic E-state index is -0.139. The molecule has 4 heteroatoms. The molecule has 92 valence electrons. The minimum absolute atomic E-state index is 0.139. The number of rotatable bonds is 3. The van der Waals surface area contributed by atoms with E-state index in [1.807, 2.05) is 12.5 Å². The lowest BCUT2D eigenvalue weighted by molar-refractivity contribution is 0.189. The number of aromatic nitrogens is 2. The summed E-state index contributed by atoms with van der Waals surface area (Å²) in [5, 5.41) is 9.42. The van der Waals surface area contributed by atoms with E-state index >= 15 is 0 Å². The zero-order valence-electron chi connectivity index (χ0n) is 10.6. The molecule has 1 aliphatic rings. The van der Waals surface area contributed by atoms with Gasteiger partial charge in [0.2, 0.25) is 0 Å². The summed E-state index contributed by atoms with van der Waals surface area (Å²) in [6.45, 7) is 6.30. The number of imidazole rings is 1. The lowest BCUT2D eigenvalue weighted by Gasteiger charge is -2.31. The fourth-order valence-corrected chi connectivity index (χ4v) is 2.47. The van der Waals surface area contributed by atoms with Crippen LogP contribution in [-0.4, -0.2) is 27.5 Å². The van der Waals surface area contributed by atoms with Gasteiger partial charge in [-0.15, -0.1) is 0 Å². The molecule has 1 aromatic rings. The standard InChI is InChI=1S/C13H20N4/c1-11(2)17-10-15-9-13(17)12(8-14)16-6-4-3-5-7-16/h9-12H,3-7H2,1-2H3. The van der Waals surface area contributed by atoms with Crippen LogP contribution in [0.25, 0.3) is 0 Å². The van der Waals surface area contributed by atoms with Gasteiger partial charge in [0, 0.05) is 6.04 Å². The first-order valence-corrected chi connectivity index (χ1v) is 6.39. The van der Waals surface area contributed by atoms with E-state index in [-0.39, 0.29) is 6.04 Å². The van der Waals surface area contributed by atoms with Crippen molar-refractivity contribution < 1.29 is 0 Å². The fourth-order valence-electron chi connectivity index (χ4n) is 2.47. The summed E-state index contributed by atoms with van der Waals surface area (Å²) in [7, 11) is 0. The monoisotopic (exact) mass is 232 g/mol. The van der Waals surface area contributed by atoms with Crippen molar-refractivity contribution in [1.29, 1.82) is 5.26 Å². The van der Waals surface area contributed by atoms with Gasteiger partial charge in [-0.3, -0.25) is 4.90 Å². The van der Waals surface area contributed by atoms with E-state index in [2.05, 4.69) is 34.4 Å². The van der Waals surface area contributed by atoms with Gasteiger partial charge in [0.25, 0.3) is 0 Å². The zero-order chi connectivity index (χ0) is 12.3. The molecule has 0 bridgehead atoms. The highest BCUT2D eigenvalue weighted by molar-refractivity contribution is 5.15. The van der Waals surface area contributed by atoms with Crippen LogP contribution in [0.3, 0.4) is 0 Å². The first kappa shape index (κ1) is 12.1. The Balaban J connectivity index is 2.22. The van der Waals surface area contributed by atoms with Gasteiger partial charge < -0.3 is 4.57 Å². The van der Waals surface area contributed by atoms with E-state index in [1.165, 1.54) is 19.3 Å². The van der Waals surface area contributed by atoms with Crippen LogP contribution < -0.4 is 0 Å². The summed E-state index contributed by atoms with van der Waals surface area (Å²) in [5.41, 5.74) is 1.03. The normalized spacial score (nSPS) is 19.2. The van der Waals surface area contributed by atoms with Crippen LogP contribution in [0, 0.1) is 11.3 Å². The van der Waals surface area contributed by atoms with Crippen molar-refractivity contribution in [2.24, 2.45) is 0 Å². The van der Waals surface area contributed by atoms with E-state index in [0.29, 0.717) is 6.04 Å². The summed E-state index contributed by atoms with van der Waals surface area (Å²) >= 11 is 0. The van der Waals surface area contributed by atoms with Crippen LogP contribution >= 0.6 is 0 Å². The first-order chi connectivity index (χ1) is 8.24. The predicted molar refractivity (Wildman–Crippen MR) is 66.4 cm³/mol. The van der Waals surface area contributed by atoms with Crippen molar-refractivity contribution >= 4 is 0 Å². The fraction of sp³-hybridized carbons (Fsp3) is 0.692. The second-order valence-corrected chi connectivity index (χ2v) is 4.95. The van der Waals surface area contributed by atoms with Crippen molar-refractivity contribution in [3.05, 3.63) is 18.2 Å². The van der Waals surface area contributed by atoms with Gasteiger partial charge in [-0.2, -0.15) is 5.26 Å². The zero-order valence-corrected chi connectivity index (χ0v) is 10.6. The van der Waals surface area contributed by atoms with Gasteiger partial charge in [-0.05, 0) is 39.8 Å². The second kappa shape index (κ2) is 5.33. The average molecular weight is 232 g/mol. The molecular weight excluding hydrogens is 212 g/mol. The Kier molecular flexibility index (Phi) is 3.80. The first-order valence-electron chi connectivity index (χ1n) is 6.39. The second-order valence-electron chi connectivity index (χ2n) is 4.95. The molecule has 2 heterocycles. The van der Waals surface area contributed by atoms with Crippen molar-refractivity contribution in [3.63, 3.8) is 0 Å². The van der Waals surface area contributed by atoms with Crippen molar-refractivity contribution in [3.8, 4) is 6.07 Å². The van der Waals surface area contributed by atoms with E-state index in [1.54, 1.807) is 0 Å². The average Bonchev–Trinajstić information content (AvgIpc) is 2.81. The maximum absolute atomic E-state index is 9.42. The Morgan fingerprint density at radius 3 is 2.59 bits per heavy atom. The summed E-state index contributed by atoms with van der Waals surface area (Å²) in [5.74, 6) is 0. The molecule has 0 saturated carbocycles. The number of hydrogen-bond donors (Lipinski definition) is 0. The molecule has 1 atom stereocenters. The van der Waals surface area contributed by atoms with Gasteiger partial charge >= 0.3 is 0 Å². The lowest BCUT2D eigenvalue weighted by atomic mass is 10.1. The Bertz CT molecular complexity index is 396. The molecule has 17 heavy (non-hydrogen) atoms. The summed E-state index contributed by atoms with van der Waals surface area (Å²) in [6, 6.07) is 2.65. The summed E-state index contributed by atoms with van der Waals surface area (Å²) in [4.78, 5) is 6.47. The predicted octanol–water partition coefficient (Wildman–Crippen LogP) is 2.51. The van der Waals surface area contributed by atoms with Crippen molar-refractivity contribution in [2.75, 3.05) is 13.1 Å². The molecule has 0 N–H and O–H groups in total. The third kappa shape index (κ3) is 2.50. The Morgan fingerprint density at radius 1 is 1.29 bits per heavy atom. The van der Waals surface area contributed by atoms with Crippen LogP contribution in [0.5, 0.6) is 0 Å². The maximum Gasteiger partial charge on any atom is 0.140 e. The Labute approximate surface area is 103 Å². The third-order valence-corrected chi connectivity index (χ3v) is 3.41. The topological polar surface area (TPSA) is 44.9 Å². The van der Waals surface area contributed by atoms with E-state index in [0.717, 1.165) is 18.8 Å². The summed E-state index contributed by atoms with van der Waals surface area (Å²) in [6.07, 6.45) is 7.36. The third-order valence-electron chi connectivity index (χ3n) is 3.41. The molecule has 0 spiro atoms. The van der Waals surface area contributed by atoms with Crippen LogP contribution in [-0.2, 0) is 0 Å². The van der Waals surface area contributed by atoms with Gasteiger partial charge in [0.05, 0.1) is 24.3 Å². The lowest BCUT2D eigenvalue weighted by Crippen LogP contribution is -2.34. The molecule has 4 nitrogen and oxygen atoms in total. The van der Waals surface area contributed by atoms with Gasteiger partial charge in [0.1, 0.15) is 6.04 Å². The molecular formula is C13H20N4. The van der Waals surface area contributed by atoms with E-state index in [4.69, 9.17) is 0 Å². The summed E-state index contributed by atoms with van der Waals surface area (Å²) < 4.78 is 2.10. The highest BCUT2D eigenvalue weighted by atomic mass is 15.2. The molecule has 1 saturated heterocycles. The quantitative estimate of drug-likeness (QED) is 0.804. The molecule has 0 aliphatic carbocycles. The Hall–Kier alpha value is -1.34. The number of nitriles is 1. The minimum Gasteiger partial charge on any atom is -0.330 e. The van der Waals surface area contributed by atoms with Gasteiger partial charge in [-0.25, -0.2) is 4.98 Å².